The van der Waals surface area contributed by atoms with Crippen LogP contribution in [0.3, 0.4) is 0 Å². The van der Waals surface area contributed by atoms with Crippen LogP contribution in [0.15, 0.2) is 12.3 Å². The highest BCUT2D eigenvalue weighted by Crippen LogP contribution is 2.34. The molecule has 1 heterocycles. The van der Waals surface area contributed by atoms with E-state index in [9.17, 15) is 0 Å². The molecule has 1 saturated carbocycles. The van der Waals surface area contributed by atoms with Crippen LogP contribution in [0.5, 0.6) is 0 Å². The fourth-order valence-corrected chi connectivity index (χ4v) is 1.98. The number of H-pyrrole nitrogens is 1. The average molecular weight is 209 g/mol. The molecule has 0 bridgehead atoms. The Morgan fingerprint density at radius 2 is 2.47 bits per heavy atom. The molecule has 0 aromatic carbocycles. The van der Waals surface area contributed by atoms with Gasteiger partial charge in [-0.2, -0.15) is 5.10 Å². The summed E-state index contributed by atoms with van der Waals surface area (Å²) in [6.45, 7) is 3.05. The summed E-state index contributed by atoms with van der Waals surface area (Å²) in [5, 5.41) is 10.4. The van der Waals surface area contributed by atoms with Crippen LogP contribution >= 0.6 is 0 Å². The van der Waals surface area contributed by atoms with Crippen LogP contribution in [-0.4, -0.2) is 29.5 Å². The van der Waals surface area contributed by atoms with Gasteiger partial charge in [-0.15, -0.1) is 0 Å². The molecule has 4 nitrogen and oxygen atoms in total. The molecular weight excluding hydrogens is 190 g/mol. The van der Waals surface area contributed by atoms with E-state index < -0.39 is 0 Å². The first-order chi connectivity index (χ1) is 7.26. The standard InChI is InChI=1S/C11H19N3O/c1-9(10-4-7-13-14-10)12-8-11(15-2)5-3-6-11/h4,7,9,12H,3,5-6,8H2,1-2H3,(H,13,14). The number of aromatic nitrogens is 2. The van der Waals surface area contributed by atoms with Crippen molar-refractivity contribution in [2.45, 2.75) is 37.8 Å². The Morgan fingerprint density at radius 1 is 1.67 bits per heavy atom. The highest BCUT2D eigenvalue weighted by Gasteiger charge is 2.36. The van der Waals surface area contributed by atoms with E-state index in [-0.39, 0.29) is 5.60 Å². The highest BCUT2D eigenvalue weighted by atomic mass is 16.5. The maximum absolute atomic E-state index is 5.55. The largest absolute Gasteiger partial charge is 0.377 e. The van der Waals surface area contributed by atoms with Crippen LogP contribution in [-0.2, 0) is 4.74 Å². The van der Waals surface area contributed by atoms with E-state index in [0.29, 0.717) is 6.04 Å². The molecule has 15 heavy (non-hydrogen) atoms. The van der Waals surface area contributed by atoms with Gasteiger partial charge in [-0.3, -0.25) is 5.10 Å². The number of hydrogen-bond acceptors (Lipinski definition) is 3. The molecule has 1 unspecified atom stereocenters. The quantitative estimate of drug-likeness (QED) is 0.775. The molecule has 1 aliphatic rings. The van der Waals surface area contributed by atoms with E-state index >= 15 is 0 Å². The Morgan fingerprint density at radius 3 is 2.93 bits per heavy atom. The number of nitrogens with one attached hydrogen (secondary N) is 2. The van der Waals surface area contributed by atoms with Crippen molar-refractivity contribution in [1.29, 1.82) is 0 Å². The number of ether oxygens (including phenoxy) is 1. The smallest absolute Gasteiger partial charge is 0.0802 e. The third-order valence-electron chi connectivity index (χ3n) is 3.42. The monoisotopic (exact) mass is 209 g/mol. The van der Waals surface area contributed by atoms with Gasteiger partial charge in [0.05, 0.1) is 11.3 Å². The maximum atomic E-state index is 5.55. The lowest BCUT2D eigenvalue weighted by atomic mass is 9.80. The predicted molar refractivity (Wildman–Crippen MR) is 58.6 cm³/mol. The molecular formula is C11H19N3O. The van der Waals surface area contributed by atoms with Gasteiger partial charge in [0.1, 0.15) is 0 Å². The summed E-state index contributed by atoms with van der Waals surface area (Å²) in [4.78, 5) is 0. The molecule has 1 aliphatic carbocycles. The molecule has 1 atom stereocenters. The zero-order valence-electron chi connectivity index (χ0n) is 9.42. The van der Waals surface area contributed by atoms with Crippen molar-refractivity contribution >= 4 is 0 Å². The minimum Gasteiger partial charge on any atom is -0.377 e. The van der Waals surface area contributed by atoms with Crippen LogP contribution in [0.25, 0.3) is 0 Å². The first kappa shape index (κ1) is 10.6. The van der Waals surface area contributed by atoms with Gasteiger partial charge in [0.2, 0.25) is 0 Å². The molecule has 2 rings (SSSR count). The van der Waals surface area contributed by atoms with Gasteiger partial charge in [0, 0.05) is 25.9 Å². The molecule has 4 heteroatoms. The summed E-state index contributed by atoms with van der Waals surface area (Å²) in [6, 6.07) is 2.30. The predicted octanol–water partition coefficient (Wildman–Crippen LogP) is 1.63. The summed E-state index contributed by atoms with van der Waals surface area (Å²) in [6.07, 6.45) is 5.41. The summed E-state index contributed by atoms with van der Waals surface area (Å²) in [7, 11) is 1.81. The Kier molecular flexibility index (Phi) is 3.07. The number of hydrogen-bond donors (Lipinski definition) is 2. The lowest BCUT2D eigenvalue weighted by molar-refractivity contribution is -0.0707. The van der Waals surface area contributed by atoms with E-state index in [2.05, 4.69) is 22.4 Å². The molecule has 84 valence electrons. The van der Waals surface area contributed by atoms with Gasteiger partial charge in [-0.1, -0.05) is 0 Å². The van der Waals surface area contributed by atoms with Crippen LogP contribution in [0, 0.1) is 0 Å². The van der Waals surface area contributed by atoms with Gasteiger partial charge >= 0.3 is 0 Å². The summed E-state index contributed by atoms with van der Waals surface area (Å²) in [5.74, 6) is 0. The minimum atomic E-state index is 0.0915. The molecule has 2 N–H and O–H groups in total. The Bertz CT molecular complexity index is 287. The molecule has 0 aliphatic heterocycles. The second-order valence-corrected chi connectivity index (χ2v) is 4.36. The van der Waals surface area contributed by atoms with E-state index in [1.54, 1.807) is 6.20 Å². The maximum Gasteiger partial charge on any atom is 0.0802 e. The lowest BCUT2D eigenvalue weighted by Gasteiger charge is -2.41. The number of nitrogens with zero attached hydrogens (tertiary/aromatic N) is 1. The molecule has 0 amide bonds. The van der Waals surface area contributed by atoms with Crippen molar-refractivity contribution in [2.75, 3.05) is 13.7 Å². The van der Waals surface area contributed by atoms with Gasteiger partial charge in [-0.05, 0) is 32.3 Å². The van der Waals surface area contributed by atoms with Crippen LogP contribution < -0.4 is 5.32 Å². The zero-order valence-corrected chi connectivity index (χ0v) is 9.42. The van der Waals surface area contributed by atoms with Crippen LogP contribution in [0.2, 0.25) is 0 Å². The SMILES string of the molecule is COC1(CNC(C)c2ccn[nH]2)CCC1. The number of methoxy groups -OCH3 is 1. The molecule has 1 aromatic rings. The van der Waals surface area contributed by atoms with E-state index in [4.69, 9.17) is 4.74 Å². The zero-order chi connectivity index (χ0) is 10.7. The van der Waals surface area contributed by atoms with Gasteiger partial charge in [0.25, 0.3) is 0 Å². The summed E-state index contributed by atoms with van der Waals surface area (Å²) < 4.78 is 5.55. The highest BCUT2D eigenvalue weighted by molar-refractivity contribution is 5.04. The van der Waals surface area contributed by atoms with Gasteiger partial charge in [0.15, 0.2) is 0 Å². The van der Waals surface area contributed by atoms with Crippen LogP contribution in [0.4, 0.5) is 0 Å². The summed E-state index contributed by atoms with van der Waals surface area (Å²) in [5.41, 5.74) is 1.22. The summed E-state index contributed by atoms with van der Waals surface area (Å²) >= 11 is 0. The molecule has 1 aromatic heterocycles. The van der Waals surface area contributed by atoms with Gasteiger partial charge in [-0.25, -0.2) is 0 Å². The third-order valence-corrected chi connectivity index (χ3v) is 3.42. The second kappa shape index (κ2) is 4.33. The molecule has 1 fully saturated rings. The number of rotatable bonds is 5. The van der Waals surface area contributed by atoms with Crippen molar-refractivity contribution in [3.8, 4) is 0 Å². The molecule has 0 spiro atoms. The van der Waals surface area contributed by atoms with Crippen molar-refractivity contribution < 1.29 is 4.74 Å². The number of aromatic amines is 1. The molecule has 0 saturated heterocycles. The van der Waals surface area contributed by atoms with Crippen molar-refractivity contribution in [2.24, 2.45) is 0 Å². The molecule has 0 radical (unpaired) electrons. The van der Waals surface area contributed by atoms with Crippen molar-refractivity contribution in [3.63, 3.8) is 0 Å². The Hall–Kier alpha value is -0.870. The van der Waals surface area contributed by atoms with E-state index in [1.807, 2.05) is 13.2 Å². The van der Waals surface area contributed by atoms with Crippen molar-refractivity contribution in [1.82, 2.24) is 15.5 Å². The Balaban J connectivity index is 1.82. The second-order valence-electron chi connectivity index (χ2n) is 4.36. The lowest BCUT2D eigenvalue weighted by Crippen LogP contribution is -2.48. The first-order valence-corrected chi connectivity index (χ1v) is 5.54. The topological polar surface area (TPSA) is 49.9 Å². The normalized spacial score (nSPS) is 20.9. The fourth-order valence-electron chi connectivity index (χ4n) is 1.98. The van der Waals surface area contributed by atoms with Crippen molar-refractivity contribution in [3.05, 3.63) is 18.0 Å². The van der Waals surface area contributed by atoms with E-state index in [1.165, 1.54) is 19.3 Å². The Labute approximate surface area is 90.4 Å². The average Bonchev–Trinajstić information content (AvgIpc) is 2.69. The third kappa shape index (κ3) is 2.21. The minimum absolute atomic E-state index is 0.0915. The first-order valence-electron chi connectivity index (χ1n) is 5.54. The van der Waals surface area contributed by atoms with E-state index in [0.717, 1.165) is 12.2 Å². The van der Waals surface area contributed by atoms with Crippen LogP contribution in [0.1, 0.15) is 37.9 Å². The fraction of sp³-hybridized carbons (Fsp3) is 0.727. The van der Waals surface area contributed by atoms with Gasteiger partial charge < -0.3 is 10.1 Å².